The summed E-state index contributed by atoms with van der Waals surface area (Å²) >= 11 is 0. The molecule has 5 nitrogen and oxygen atoms in total. The van der Waals surface area contributed by atoms with Gasteiger partial charge in [0.25, 0.3) is 0 Å². The van der Waals surface area contributed by atoms with Gasteiger partial charge in [-0.3, -0.25) is 9.59 Å². The Balaban J connectivity index is 2.28. The standard InChI is InChI=1S/C18H27NO4/c1-18(2,3)11-10-16(20)19-13-14-6-8-15(9-7-14)23-12-4-5-17(21)22/h6-9H,4-5,10-13H2,1-3H3,(H,19,20)(H,21,22). The van der Waals surface area contributed by atoms with Crippen LogP contribution in [0.4, 0.5) is 0 Å². The van der Waals surface area contributed by atoms with E-state index in [1.165, 1.54) is 0 Å². The number of benzene rings is 1. The molecule has 128 valence electrons. The van der Waals surface area contributed by atoms with Gasteiger partial charge in [0.1, 0.15) is 5.75 Å². The zero-order valence-corrected chi connectivity index (χ0v) is 14.2. The fourth-order valence-corrected chi connectivity index (χ4v) is 1.89. The number of carbonyl (C=O) groups excluding carboxylic acids is 1. The minimum Gasteiger partial charge on any atom is -0.494 e. The van der Waals surface area contributed by atoms with Gasteiger partial charge >= 0.3 is 5.97 Å². The molecule has 0 saturated heterocycles. The molecule has 0 aliphatic rings. The van der Waals surface area contributed by atoms with E-state index in [0.29, 0.717) is 31.7 Å². The highest BCUT2D eigenvalue weighted by Gasteiger charge is 2.12. The maximum Gasteiger partial charge on any atom is 0.303 e. The van der Waals surface area contributed by atoms with Crippen LogP contribution in [-0.4, -0.2) is 23.6 Å². The zero-order chi connectivity index (χ0) is 17.3. The predicted octanol–water partition coefficient (Wildman–Crippen LogP) is 3.37. The van der Waals surface area contributed by atoms with E-state index in [9.17, 15) is 9.59 Å². The van der Waals surface area contributed by atoms with Gasteiger partial charge < -0.3 is 15.2 Å². The molecule has 0 aliphatic heterocycles. The fraction of sp³-hybridized carbons (Fsp3) is 0.556. The van der Waals surface area contributed by atoms with Gasteiger partial charge in [-0.15, -0.1) is 0 Å². The first kappa shape index (κ1) is 19.0. The summed E-state index contributed by atoms with van der Waals surface area (Å²) in [4.78, 5) is 22.2. The first-order chi connectivity index (χ1) is 10.8. The summed E-state index contributed by atoms with van der Waals surface area (Å²) in [6, 6.07) is 7.46. The Morgan fingerprint density at radius 1 is 1.13 bits per heavy atom. The highest BCUT2D eigenvalue weighted by atomic mass is 16.5. The number of hydrogen-bond donors (Lipinski definition) is 2. The molecular formula is C18H27NO4. The molecular weight excluding hydrogens is 294 g/mol. The highest BCUT2D eigenvalue weighted by molar-refractivity contribution is 5.75. The van der Waals surface area contributed by atoms with Gasteiger partial charge in [0, 0.05) is 19.4 Å². The molecule has 0 radical (unpaired) electrons. The van der Waals surface area contributed by atoms with Crippen molar-refractivity contribution in [3.63, 3.8) is 0 Å². The molecule has 0 atom stereocenters. The van der Waals surface area contributed by atoms with Crippen LogP contribution in [0.2, 0.25) is 0 Å². The smallest absolute Gasteiger partial charge is 0.303 e. The van der Waals surface area contributed by atoms with E-state index >= 15 is 0 Å². The lowest BCUT2D eigenvalue weighted by Gasteiger charge is -2.17. The summed E-state index contributed by atoms with van der Waals surface area (Å²) in [5.41, 5.74) is 1.17. The normalized spacial score (nSPS) is 11.1. The van der Waals surface area contributed by atoms with Crippen molar-refractivity contribution in [1.82, 2.24) is 5.32 Å². The molecule has 0 saturated carbocycles. The van der Waals surface area contributed by atoms with E-state index in [0.717, 1.165) is 12.0 Å². The summed E-state index contributed by atoms with van der Waals surface area (Å²) in [6.07, 6.45) is 2.00. The highest BCUT2D eigenvalue weighted by Crippen LogP contribution is 2.20. The van der Waals surface area contributed by atoms with E-state index in [2.05, 4.69) is 26.1 Å². The third-order valence-corrected chi connectivity index (χ3v) is 3.32. The van der Waals surface area contributed by atoms with Crippen LogP contribution < -0.4 is 10.1 Å². The summed E-state index contributed by atoms with van der Waals surface area (Å²) in [6.45, 7) is 7.25. The number of carboxylic acids is 1. The van der Waals surface area contributed by atoms with Crippen molar-refractivity contribution in [3.05, 3.63) is 29.8 Å². The number of hydrogen-bond acceptors (Lipinski definition) is 3. The monoisotopic (exact) mass is 321 g/mol. The SMILES string of the molecule is CC(C)(C)CCC(=O)NCc1ccc(OCCCC(=O)O)cc1. The van der Waals surface area contributed by atoms with Crippen LogP contribution in [-0.2, 0) is 16.1 Å². The van der Waals surface area contributed by atoms with Gasteiger partial charge in [-0.1, -0.05) is 32.9 Å². The molecule has 1 amide bonds. The Morgan fingerprint density at radius 3 is 2.35 bits per heavy atom. The summed E-state index contributed by atoms with van der Waals surface area (Å²) < 4.78 is 5.46. The van der Waals surface area contributed by atoms with Crippen molar-refractivity contribution in [3.8, 4) is 5.75 Å². The number of rotatable bonds is 9. The van der Waals surface area contributed by atoms with Gasteiger partial charge in [-0.05, 0) is 36.0 Å². The summed E-state index contributed by atoms with van der Waals surface area (Å²) in [7, 11) is 0. The molecule has 0 heterocycles. The van der Waals surface area contributed by atoms with Crippen molar-refractivity contribution < 1.29 is 19.4 Å². The Bertz CT molecular complexity index is 503. The second-order valence-corrected chi connectivity index (χ2v) is 6.83. The number of carboxylic acid groups (broad SMARTS) is 1. The van der Waals surface area contributed by atoms with Crippen LogP contribution in [0, 0.1) is 5.41 Å². The minimum atomic E-state index is -0.814. The Morgan fingerprint density at radius 2 is 1.78 bits per heavy atom. The lowest BCUT2D eigenvalue weighted by atomic mass is 9.90. The quantitative estimate of drug-likeness (QED) is 0.684. The number of nitrogens with one attached hydrogen (secondary N) is 1. The molecule has 1 aromatic rings. The minimum absolute atomic E-state index is 0.0638. The second-order valence-electron chi connectivity index (χ2n) is 6.83. The second kappa shape index (κ2) is 9.18. The largest absolute Gasteiger partial charge is 0.494 e. The van der Waals surface area contributed by atoms with Crippen molar-refractivity contribution in [2.45, 2.75) is 53.0 Å². The lowest BCUT2D eigenvalue weighted by molar-refractivity contribution is -0.137. The van der Waals surface area contributed by atoms with E-state index in [1.54, 1.807) is 0 Å². The van der Waals surface area contributed by atoms with Crippen molar-refractivity contribution in [2.75, 3.05) is 6.61 Å². The molecule has 1 rings (SSSR count). The maximum absolute atomic E-state index is 11.8. The van der Waals surface area contributed by atoms with E-state index < -0.39 is 5.97 Å². The zero-order valence-electron chi connectivity index (χ0n) is 14.2. The van der Waals surface area contributed by atoms with Gasteiger partial charge in [0.05, 0.1) is 6.61 Å². The van der Waals surface area contributed by atoms with E-state index in [-0.39, 0.29) is 17.7 Å². The molecule has 5 heteroatoms. The number of amides is 1. The predicted molar refractivity (Wildman–Crippen MR) is 89.3 cm³/mol. The van der Waals surface area contributed by atoms with Crippen LogP contribution in [0.15, 0.2) is 24.3 Å². The van der Waals surface area contributed by atoms with Crippen LogP contribution in [0.1, 0.15) is 52.0 Å². The first-order valence-corrected chi connectivity index (χ1v) is 7.96. The van der Waals surface area contributed by atoms with Crippen LogP contribution >= 0.6 is 0 Å². The molecule has 2 N–H and O–H groups in total. The Hall–Kier alpha value is -2.04. The maximum atomic E-state index is 11.8. The Labute approximate surface area is 138 Å². The third kappa shape index (κ3) is 9.55. The molecule has 0 spiro atoms. The average molecular weight is 321 g/mol. The molecule has 0 bridgehead atoms. The Kier molecular flexibility index (Phi) is 7.59. The fourth-order valence-electron chi connectivity index (χ4n) is 1.89. The van der Waals surface area contributed by atoms with Crippen molar-refractivity contribution in [1.29, 1.82) is 0 Å². The van der Waals surface area contributed by atoms with Gasteiger partial charge in [0.15, 0.2) is 0 Å². The van der Waals surface area contributed by atoms with Gasteiger partial charge in [-0.2, -0.15) is 0 Å². The molecule has 0 unspecified atom stereocenters. The lowest BCUT2D eigenvalue weighted by Crippen LogP contribution is -2.24. The van der Waals surface area contributed by atoms with E-state index in [4.69, 9.17) is 9.84 Å². The number of carbonyl (C=O) groups is 2. The summed E-state index contributed by atoms with van der Waals surface area (Å²) in [5.74, 6) is -0.0433. The van der Waals surface area contributed by atoms with Crippen molar-refractivity contribution in [2.24, 2.45) is 5.41 Å². The average Bonchev–Trinajstić information content (AvgIpc) is 2.47. The molecule has 0 aromatic heterocycles. The van der Waals surface area contributed by atoms with Crippen LogP contribution in [0.25, 0.3) is 0 Å². The van der Waals surface area contributed by atoms with Gasteiger partial charge in [0.2, 0.25) is 5.91 Å². The van der Waals surface area contributed by atoms with E-state index in [1.807, 2.05) is 24.3 Å². The number of aliphatic carboxylic acids is 1. The van der Waals surface area contributed by atoms with Crippen molar-refractivity contribution >= 4 is 11.9 Å². The van der Waals surface area contributed by atoms with Crippen LogP contribution in [0.3, 0.4) is 0 Å². The number of ether oxygens (including phenoxy) is 1. The molecule has 0 aliphatic carbocycles. The molecule has 0 fully saturated rings. The van der Waals surface area contributed by atoms with Gasteiger partial charge in [-0.25, -0.2) is 0 Å². The molecule has 23 heavy (non-hydrogen) atoms. The first-order valence-electron chi connectivity index (χ1n) is 7.96. The third-order valence-electron chi connectivity index (χ3n) is 3.32. The van der Waals surface area contributed by atoms with Crippen LogP contribution in [0.5, 0.6) is 5.75 Å². The molecule has 1 aromatic carbocycles. The summed E-state index contributed by atoms with van der Waals surface area (Å²) in [5, 5.41) is 11.5. The topological polar surface area (TPSA) is 75.6 Å².